The fraction of sp³-hybridized carbons (Fsp3) is 0.0625. The highest BCUT2D eigenvalue weighted by molar-refractivity contribution is 5.94. The van der Waals surface area contributed by atoms with Gasteiger partial charge in [0, 0.05) is 11.6 Å². The minimum atomic E-state index is -0.498. The minimum absolute atomic E-state index is 0.0575. The summed E-state index contributed by atoms with van der Waals surface area (Å²) in [6, 6.07) is 9.99. The van der Waals surface area contributed by atoms with Crippen molar-refractivity contribution in [3.8, 4) is 23.0 Å². The Morgan fingerprint density at radius 1 is 1.42 bits per heavy atom. The zero-order chi connectivity index (χ0) is 16.9. The first-order valence-electron chi connectivity index (χ1n) is 6.97. The summed E-state index contributed by atoms with van der Waals surface area (Å²) in [6.45, 7) is 0. The van der Waals surface area contributed by atoms with Gasteiger partial charge in [-0.05, 0) is 24.3 Å². The van der Waals surface area contributed by atoms with E-state index < -0.39 is 5.91 Å². The monoisotopic (exact) mass is 326 g/mol. The van der Waals surface area contributed by atoms with Crippen LogP contribution in [0.3, 0.4) is 0 Å². The number of hydrazone groups is 1. The van der Waals surface area contributed by atoms with Crippen LogP contribution in [0.2, 0.25) is 0 Å². The van der Waals surface area contributed by atoms with Gasteiger partial charge in [-0.3, -0.25) is 9.89 Å². The lowest BCUT2D eigenvalue weighted by Gasteiger charge is -2.04. The molecule has 122 valence electrons. The number of ether oxygens (including phenoxy) is 1. The standard InChI is InChI=1S/C16H14N4O4/c1-23-14-5-2-4-10(15(14)21)9-17-20-16(22)12-8-11(18-19-12)13-6-3-7-24-13/h2-9,21H,1H3,(H,18,19)(H,20,22)/b17-9-. The summed E-state index contributed by atoms with van der Waals surface area (Å²) < 4.78 is 10.2. The number of carbonyl (C=O) groups is 1. The number of phenols is 1. The SMILES string of the molecule is COc1cccc(/C=N\NC(=O)c2cc(-c3ccco3)[nH]n2)c1O. The second-order valence-corrected chi connectivity index (χ2v) is 4.74. The molecule has 0 radical (unpaired) electrons. The van der Waals surface area contributed by atoms with Crippen LogP contribution >= 0.6 is 0 Å². The molecular weight excluding hydrogens is 312 g/mol. The predicted octanol–water partition coefficient (Wildman–Crippen LogP) is 2.15. The molecule has 2 heterocycles. The quantitative estimate of drug-likeness (QED) is 0.491. The number of para-hydroxylation sites is 1. The maximum absolute atomic E-state index is 12.0. The summed E-state index contributed by atoms with van der Waals surface area (Å²) in [5.74, 6) is 0.340. The molecule has 24 heavy (non-hydrogen) atoms. The Balaban J connectivity index is 1.68. The number of amides is 1. The minimum Gasteiger partial charge on any atom is -0.504 e. The Morgan fingerprint density at radius 3 is 3.04 bits per heavy atom. The van der Waals surface area contributed by atoms with Gasteiger partial charge in [0.05, 0.1) is 19.6 Å². The molecule has 1 aromatic carbocycles. The molecule has 0 bridgehead atoms. The van der Waals surface area contributed by atoms with Crippen LogP contribution in [0.1, 0.15) is 16.1 Å². The van der Waals surface area contributed by atoms with Gasteiger partial charge in [-0.25, -0.2) is 5.43 Å². The van der Waals surface area contributed by atoms with Crippen LogP contribution in [0.4, 0.5) is 0 Å². The number of phenolic OH excluding ortho intramolecular Hbond substituents is 1. The molecule has 0 saturated heterocycles. The van der Waals surface area contributed by atoms with Crippen molar-refractivity contribution in [2.45, 2.75) is 0 Å². The van der Waals surface area contributed by atoms with E-state index in [1.165, 1.54) is 19.6 Å². The number of hydrogen-bond acceptors (Lipinski definition) is 6. The van der Waals surface area contributed by atoms with Crippen molar-refractivity contribution in [2.24, 2.45) is 5.10 Å². The molecule has 0 fully saturated rings. The Hall–Kier alpha value is -3.55. The van der Waals surface area contributed by atoms with Crippen LogP contribution in [-0.4, -0.2) is 34.5 Å². The molecule has 0 aliphatic heterocycles. The Kier molecular flexibility index (Phi) is 4.28. The lowest BCUT2D eigenvalue weighted by molar-refractivity contribution is 0.0950. The number of nitrogens with one attached hydrogen (secondary N) is 2. The molecule has 3 rings (SSSR count). The van der Waals surface area contributed by atoms with Gasteiger partial charge in [0.25, 0.3) is 5.91 Å². The molecule has 0 spiro atoms. The molecule has 2 aromatic heterocycles. The maximum Gasteiger partial charge on any atom is 0.291 e. The van der Waals surface area contributed by atoms with Crippen LogP contribution in [0, 0.1) is 0 Å². The summed E-state index contributed by atoms with van der Waals surface area (Å²) in [4.78, 5) is 12.0. The van der Waals surface area contributed by atoms with Crippen molar-refractivity contribution in [3.05, 3.63) is 53.9 Å². The number of aromatic nitrogens is 2. The molecule has 0 aliphatic rings. The normalized spacial score (nSPS) is 10.9. The van der Waals surface area contributed by atoms with E-state index in [-0.39, 0.29) is 11.4 Å². The van der Waals surface area contributed by atoms with Crippen molar-refractivity contribution in [3.63, 3.8) is 0 Å². The highest BCUT2D eigenvalue weighted by Crippen LogP contribution is 2.27. The van der Waals surface area contributed by atoms with Crippen molar-refractivity contribution < 1.29 is 19.1 Å². The van der Waals surface area contributed by atoms with E-state index in [0.29, 0.717) is 22.8 Å². The number of carbonyl (C=O) groups excluding carboxylic acids is 1. The van der Waals surface area contributed by atoms with Gasteiger partial charge in [-0.2, -0.15) is 10.2 Å². The number of nitrogens with zero attached hydrogens (tertiary/aromatic N) is 2. The maximum atomic E-state index is 12.0. The van der Waals surface area contributed by atoms with Gasteiger partial charge >= 0.3 is 0 Å². The van der Waals surface area contributed by atoms with Gasteiger partial charge in [0.15, 0.2) is 23.0 Å². The largest absolute Gasteiger partial charge is 0.504 e. The predicted molar refractivity (Wildman–Crippen MR) is 86.0 cm³/mol. The van der Waals surface area contributed by atoms with E-state index in [4.69, 9.17) is 9.15 Å². The topological polar surface area (TPSA) is 113 Å². The van der Waals surface area contributed by atoms with Gasteiger partial charge in [-0.15, -0.1) is 0 Å². The van der Waals surface area contributed by atoms with Gasteiger partial charge in [0.2, 0.25) is 0 Å². The van der Waals surface area contributed by atoms with Crippen LogP contribution < -0.4 is 10.2 Å². The molecule has 3 aromatic rings. The van der Waals surface area contributed by atoms with Crippen LogP contribution in [0.5, 0.6) is 11.5 Å². The van der Waals surface area contributed by atoms with Crippen LogP contribution in [-0.2, 0) is 0 Å². The lowest BCUT2D eigenvalue weighted by Crippen LogP contribution is -2.18. The molecule has 8 heteroatoms. The summed E-state index contributed by atoms with van der Waals surface area (Å²) in [5, 5.41) is 20.3. The smallest absolute Gasteiger partial charge is 0.291 e. The third-order valence-electron chi connectivity index (χ3n) is 3.22. The third-order valence-corrected chi connectivity index (χ3v) is 3.22. The molecule has 0 aliphatic carbocycles. The van der Waals surface area contributed by atoms with Crippen molar-refractivity contribution in [1.29, 1.82) is 0 Å². The number of benzene rings is 1. The Bertz CT molecular complexity index is 868. The van der Waals surface area contributed by atoms with E-state index in [9.17, 15) is 9.90 Å². The van der Waals surface area contributed by atoms with Gasteiger partial charge in [0.1, 0.15) is 5.69 Å². The number of rotatable bonds is 5. The second kappa shape index (κ2) is 6.69. The first-order valence-corrected chi connectivity index (χ1v) is 6.97. The Morgan fingerprint density at radius 2 is 2.29 bits per heavy atom. The first-order chi connectivity index (χ1) is 11.7. The zero-order valence-electron chi connectivity index (χ0n) is 12.7. The van der Waals surface area contributed by atoms with E-state index in [2.05, 4.69) is 20.7 Å². The van der Waals surface area contributed by atoms with E-state index in [0.717, 1.165) is 0 Å². The Labute approximate surface area is 136 Å². The molecule has 0 saturated carbocycles. The molecule has 3 N–H and O–H groups in total. The second-order valence-electron chi connectivity index (χ2n) is 4.74. The number of hydrogen-bond donors (Lipinski definition) is 3. The summed E-state index contributed by atoms with van der Waals surface area (Å²) >= 11 is 0. The summed E-state index contributed by atoms with van der Waals surface area (Å²) in [6.07, 6.45) is 2.84. The number of methoxy groups -OCH3 is 1. The van der Waals surface area contributed by atoms with Crippen LogP contribution in [0.15, 0.2) is 52.2 Å². The average molecular weight is 326 g/mol. The van der Waals surface area contributed by atoms with Gasteiger partial charge in [-0.1, -0.05) is 6.07 Å². The molecule has 0 atom stereocenters. The highest BCUT2D eigenvalue weighted by Gasteiger charge is 2.12. The zero-order valence-corrected chi connectivity index (χ0v) is 12.7. The summed E-state index contributed by atoms with van der Waals surface area (Å²) in [5.41, 5.74) is 3.49. The molecule has 0 unspecified atom stereocenters. The van der Waals surface area contributed by atoms with E-state index in [1.807, 2.05) is 0 Å². The molecule has 1 amide bonds. The van der Waals surface area contributed by atoms with Crippen LogP contribution in [0.25, 0.3) is 11.5 Å². The fourth-order valence-electron chi connectivity index (χ4n) is 2.02. The van der Waals surface area contributed by atoms with E-state index in [1.54, 1.807) is 36.4 Å². The average Bonchev–Trinajstić information content (AvgIpc) is 3.27. The first kappa shape index (κ1) is 15.3. The van der Waals surface area contributed by atoms with Gasteiger partial charge < -0.3 is 14.3 Å². The third kappa shape index (κ3) is 3.12. The summed E-state index contributed by atoms with van der Waals surface area (Å²) in [7, 11) is 1.45. The number of aromatic amines is 1. The van der Waals surface area contributed by atoms with Crippen molar-refractivity contribution >= 4 is 12.1 Å². The number of H-pyrrole nitrogens is 1. The van der Waals surface area contributed by atoms with Crippen molar-refractivity contribution in [2.75, 3.05) is 7.11 Å². The number of aromatic hydroxyl groups is 1. The molecule has 8 nitrogen and oxygen atoms in total. The van der Waals surface area contributed by atoms with Crippen molar-refractivity contribution in [1.82, 2.24) is 15.6 Å². The lowest BCUT2D eigenvalue weighted by atomic mass is 10.2. The molecular formula is C16H14N4O4. The van der Waals surface area contributed by atoms with E-state index >= 15 is 0 Å². The highest BCUT2D eigenvalue weighted by atomic mass is 16.5. The fourth-order valence-corrected chi connectivity index (χ4v) is 2.02. The number of furan rings is 1.